The van der Waals surface area contributed by atoms with Gasteiger partial charge in [0, 0.05) is 16.9 Å². The summed E-state index contributed by atoms with van der Waals surface area (Å²) in [4.78, 5) is 0. The molecule has 0 aromatic heterocycles. The Hall–Kier alpha value is -1.23. The van der Waals surface area contributed by atoms with Crippen molar-refractivity contribution in [3.8, 4) is 0 Å². The first-order chi connectivity index (χ1) is 8.47. The predicted octanol–water partition coefficient (Wildman–Crippen LogP) is 3.39. The SMILES string of the molecule is CCC(CC(N)=NO)Nc1c(C)cc(C)cc1Br. The lowest BCUT2D eigenvalue weighted by molar-refractivity contribution is 0.316. The van der Waals surface area contributed by atoms with Crippen LogP contribution in [0.3, 0.4) is 0 Å². The lowest BCUT2D eigenvalue weighted by atomic mass is 10.1. The van der Waals surface area contributed by atoms with Crippen LogP contribution < -0.4 is 11.1 Å². The minimum atomic E-state index is 0.151. The fraction of sp³-hybridized carbons (Fsp3) is 0.462. The number of rotatable bonds is 5. The summed E-state index contributed by atoms with van der Waals surface area (Å²) >= 11 is 3.57. The van der Waals surface area contributed by atoms with Gasteiger partial charge in [0.1, 0.15) is 5.84 Å². The zero-order chi connectivity index (χ0) is 13.7. The van der Waals surface area contributed by atoms with Crippen LogP contribution in [0.25, 0.3) is 0 Å². The number of amidine groups is 1. The lowest BCUT2D eigenvalue weighted by Crippen LogP contribution is -2.27. The van der Waals surface area contributed by atoms with Crippen LogP contribution in [0.4, 0.5) is 5.69 Å². The van der Waals surface area contributed by atoms with Crippen LogP contribution in [0.5, 0.6) is 0 Å². The van der Waals surface area contributed by atoms with Crippen LogP contribution in [-0.2, 0) is 0 Å². The van der Waals surface area contributed by atoms with E-state index in [1.807, 2.05) is 0 Å². The summed E-state index contributed by atoms with van der Waals surface area (Å²) in [7, 11) is 0. The average molecular weight is 314 g/mol. The molecule has 1 unspecified atom stereocenters. The molecule has 0 fully saturated rings. The van der Waals surface area contributed by atoms with Gasteiger partial charge in [0.05, 0.1) is 5.69 Å². The molecule has 0 spiro atoms. The van der Waals surface area contributed by atoms with E-state index in [9.17, 15) is 0 Å². The molecule has 1 aromatic rings. The molecule has 0 saturated carbocycles. The molecule has 4 N–H and O–H groups in total. The van der Waals surface area contributed by atoms with Crippen molar-refractivity contribution in [2.24, 2.45) is 10.9 Å². The predicted molar refractivity (Wildman–Crippen MR) is 79.3 cm³/mol. The van der Waals surface area contributed by atoms with Crippen molar-refractivity contribution in [1.29, 1.82) is 0 Å². The number of nitrogens with one attached hydrogen (secondary N) is 1. The molecule has 0 bridgehead atoms. The first kappa shape index (κ1) is 14.8. The van der Waals surface area contributed by atoms with Gasteiger partial charge in [-0.05, 0) is 53.4 Å². The molecular formula is C13H20BrN3O. The van der Waals surface area contributed by atoms with Crippen molar-refractivity contribution in [2.75, 3.05) is 5.32 Å². The summed E-state index contributed by atoms with van der Waals surface area (Å²) in [6, 6.07) is 4.35. The molecule has 0 heterocycles. The topological polar surface area (TPSA) is 70.6 Å². The molecule has 4 nitrogen and oxygen atoms in total. The molecular weight excluding hydrogens is 294 g/mol. The van der Waals surface area contributed by atoms with E-state index >= 15 is 0 Å². The van der Waals surface area contributed by atoms with E-state index in [1.54, 1.807) is 0 Å². The Morgan fingerprint density at radius 2 is 2.17 bits per heavy atom. The van der Waals surface area contributed by atoms with Crippen molar-refractivity contribution < 1.29 is 5.21 Å². The quantitative estimate of drug-likeness (QED) is 0.338. The average Bonchev–Trinajstić information content (AvgIpc) is 2.31. The van der Waals surface area contributed by atoms with Gasteiger partial charge in [-0.2, -0.15) is 0 Å². The molecule has 0 aliphatic heterocycles. The highest BCUT2D eigenvalue weighted by molar-refractivity contribution is 9.10. The van der Waals surface area contributed by atoms with Gasteiger partial charge in [0.2, 0.25) is 0 Å². The molecule has 0 amide bonds. The van der Waals surface area contributed by atoms with E-state index in [4.69, 9.17) is 10.9 Å². The molecule has 1 aromatic carbocycles. The Bertz CT molecular complexity index is 423. The number of hydrogen-bond donors (Lipinski definition) is 3. The third-order valence-corrected chi connectivity index (χ3v) is 3.48. The highest BCUT2D eigenvalue weighted by Gasteiger charge is 2.12. The largest absolute Gasteiger partial charge is 0.409 e. The molecule has 1 atom stereocenters. The number of nitrogens with two attached hydrogens (primary N) is 1. The monoisotopic (exact) mass is 313 g/mol. The Balaban J connectivity index is 2.88. The van der Waals surface area contributed by atoms with E-state index in [1.165, 1.54) is 11.1 Å². The standard InChI is InChI=1S/C13H20BrN3O/c1-4-10(7-12(15)17-18)16-13-9(3)5-8(2)6-11(13)14/h5-6,10,16,18H,4,7H2,1-3H3,(H2,15,17). The Morgan fingerprint density at radius 3 is 2.67 bits per heavy atom. The molecule has 1 rings (SSSR count). The van der Waals surface area contributed by atoms with E-state index in [0.717, 1.165) is 16.6 Å². The van der Waals surface area contributed by atoms with Gasteiger partial charge in [0.25, 0.3) is 0 Å². The summed E-state index contributed by atoms with van der Waals surface area (Å²) in [5.74, 6) is 0.246. The minimum Gasteiger partial charge on any atom is -0.409 e. The number of benzene rings is 1. The molecule has 5 heteroatoms. The second-order valence-electron chi connectivity index (χ2n) is 4.48. The number of oxime groups is 1. The van der Waals surface area contributed by atoms with Crippen LogP contribution in [0.15, 0.2) is 21.8 Å². The zero-order valence-corrected chi connectivity index (χ0v) is 12.6. The molecule has 0 aliphatic carbocycles. The second kappa shape index (κ2) is 6.64. The van der Waals surface area contributed by atoms with Crippen molar-refractivity contribution in [3.05, 3.63) is 27.7 Å². The molecule has 0 saturated heterocycles. The second-order valence-corrected chi connectivity index (χ2v) is 5.34. The van der Waals surface area contributed by atoms with E-state index in [-0.39, 0.29) is 11.9 Å². The number of halogens is 1. The summed E-state index contributed by atoms with van der Waals surface area (Å²) < 4.78 is 1.04. The fourth-order valence-corrected chi connectivity index (χ4v) is 2.68. The van der Waals surface area contributed by atoms with Gasteiger partial charge in [-0.15, -0.1) is 0 Å². The number of aryl methyl sites for hydroxylation is 2. The summed E-state index contributed by atoms with van der Waals surface area (Å²) in [6.45, 7) is 6.20. The number of hydrogen-bond acceptors (Lipinski definition) is 3. The smallest absolute Gasteiger partial charge is 0.141 e. The summed E-state index contributed by atoms with van der Waals surface area (Å²) in [6.07, 6.45) is 1.42. The highest BCUT2D eigenvalue weighted by Crippen LogP contribution is 2.29. The van der Waals surface area contributed by atoms with E-state index in [0.29, 0.717) is 6.42 Å². The van der Waals surface area contributed by atoms with Crippen LogP contribution in [0.1, 0.15) is 30.9 Å². The van der Waals surface area contributed by atoms with Crippen LogP contribution in [0.2, 0.25) is 0 Å². The molecule has 100 valence electrons. The van der Waals surface area contributed by atoms with E-state index < -0.39 is 0 Å². The maximum atomic E-state index is 8.62. The zero-order valence-electron chi connectivity index (χ0n) is 11.0. The number of nitrogens with zero attached hydrogens (tertiary/aromatic N) is 1. The van der Waals surface area contributed by atoms with Crippen LogP contribution >= 0.6 is 15.9 Å². The van der Waals surface area contributed by atoms with Gasteiger partial charge in [0.15, 0.2) is 0 Å². The molecule has 0 radical (unpaired) electrons. The lowest BCUT2D eigenvalue weighted by Gasteiger charge is -2.20. The van der Waals surface area contributed by atoms with E-state index in [2.05, 4.69) is 59.3 Å². The van der Waals surface area contributed by atoms with Crippen molar-refractivity contribution in [1.82, 2.24) is 0 Å². The van der Waals surface area contributed by atoms with Crippen molar-refractivity contribution >= 4 is 27.5 Å². The van der Waals surface area contributed by atoms with Crippen LogP contribution in [-0.4, -0.2) is 17.1 Å². The summed E-state index contributed by atoms with van der Waals surface area (Å²) in [5, 5.41) is 15.1. The Labute approximate surface area is 116 Å². The number of anilines is 1. The third kappa shape index (κ3) is 3.91. The minimum absolute atomic E-state index is 0.151. The van der Waals surface area contributed by atoms with Gasteiger partial charge in [-0.25, -0.2) is 0 Å². The van der Waals surface area contributed by atoms with Crippen LogP contribution in [0, 0.1) is 13.8 Å². The fourth-order valence-electron chi connectivity index (χ4n) is 1.89. The van der Waals surface area contributed by atoms with Gasteiger partial charge < -0.3 is 16.3 Å². The first-order valence-corrected chi connectivity index (χ1v) is 6.76. The highest BCUT2D eigenvalue weighted by atomic mass is 79.9. The Morgan fingerprint density at radius 1 is 1.50 bits per heavy atom. The molecule has 18 heavy (non-hydrogen) atoms. The third-order valence-electron chi connectivity index (χ3n) is 2.86. The van der Waals surface area contributed by atoms with Crippen molar-refractivity contribution in [3.63, 3.8) is 0 Å². The normalized spacial score (nSPS) is 13.4. The first-order valence-electron chi connectivity index (χ1n) is 5.97. The molecule has 0 aliphatic rings. The maximum absolute atomic E-state index is 8.62. The maximum Gasteiger partial charge on any atom is 0.141 e. The van der Waals surface area contributed by atoms with Gasteiger partial charge >= 0.3 is 0 Å². The Kier molecular flexibility index (Phi) is 5.47. The van der Waals surface area contributed by atoms with Crippen molar-refractivity contribution in [2.45, 2.75) is 39.7 Å². The van der Waals surface area contributed by atoms with Gasteiger partial charge in [-0.3, -0.25) is 0 Å². The van der Waals surface area contributed by atoms with Gasteiger partial charge in [-0.1, -0.05) is 18.1 Å². The summed E-state index contributed by atoms with van der Waals surface area (Å²) in [5.41, 5.74) is 9.02.